The summed E-state index contributed by atoms with van der Waals surface area (Å²) in [6.45, 7) is 5.68. The first-order valence-corrected chi connectivity index (χ1v) is 10.5. The van der Waals surface area contributed by atoms with Gasteiger partial charge in [-0.15, -0.1) is 4.40 Å². The average Bonchev–Trinajstić information content (AvgIpc) is 2.92. The van der Waals surface area contributed by atoms with E-state index in [2.05, 4.69) is 4.40 Å². The first kappa shape index (κ1) is 19.3. The number of hydrogen-bond donors (Lipinski definition) is 0. The summed E-state index contributed by atoms with van der Waals surface area (Å²) in [6, 6.07) is 10.4. The van der Waals surface area contributed by atoms with Crippen LogP contribution >= 0.6 is 11.3 Å². The Morgan fingerprint density at radius 1 is 1.11 bits per heavy atom. The second kappa shape index (κ2) is 7.28. The van der Waals surface area contributed by atoms with Crippen LogP contribution in [-0.4, -0.2) is 26.1 Å². The molecule has 142 valence electrons. The van der Waals surface area contributed by atoms with Gasteiger partial charge in [-0.2, -0.15) is 8.42 Å². The van der Waals surface area contributed by atoms with Gasteiger partial charge in [-0.1, -0.05) is 35.1 Å². The Bertz CT molecular complexity index is 1190. The summed E-state index contributed by atoms with van der Waals surface area (Å²) in [5.74, 6) is -0.469. The zero-order valence-electron chi connectivity index (χ0n) is 15.5. The van der Waals surface area contributed by atoms with E-state index in [-0.39, 0.29) is 16.2 Å². The number of fused-ring (bicyclic) bond motifs is 1. The molecule has 0 atom stereocenters. The fourth-order valence-electron chi connectivity index (χ4n) is 2.79. The molecule has 0 saturated heterocycles. The zero-order chi connectivity index (χ0) is 19.8. The van der Waals surface area contributed by atoms with Crippen LogP contribution in [0.1, 0.15) is 16.7 Å². The van der Waals surface area contributed by atoms with Crippen molar-refractivity contribution in [2.24, 2.45) is 4.40 Å². The van der Waals surface area contributed by atoms with Gasteiger partial charge in [0.1, 0.15) is 6.54 Å². The number of aryl methyl sites for hydroxylation is 3. The molecule has 3 aromatic rings. The van der Waals surface area contributed by atoms with Crippen LogP contribution in [0, 0.1) is 20.8 Å². The number of esters is 1. The number of carbonyl (C=O) groups excluding carboxylic acids is 1. The fourth-order valence-corrected chi connectivity index (χ4v) is 5.08. The summed E-state index contributed by atoms with van der Waals surface area (Å²) < 4.78 is 36.8. The van der Waals surface area contributed by atoms with Gasteiger partial charge < -0.3 is 9.30 Å². The number of sulfonamides is 1. The Hall–Kier alpha value is -2.45. The average molecular weight is 405 g/mol. The Kier molecular flexibility index (Phi) is 5.21. The van der Waals surface area contributed by atoms with Crippen molar-refractivity contribution in [2.45, 2.75) is 32.2 Å². The number of rotatable bonds is 4. The molecule has 0 aliphatic carbocycles. The van der Waals surface area contributed by atoms with Gasteiger partial charge in [0.15, 0.2) is 0 Å². The van der Waals surface area contributed by atoms with Gasteiger partial charge in [0.2, 0.25) is 4.80 Å². The Balaban J connectivity index is 2.27. The summed E-state index contributed by atoms with van der Waals surface area (Å²) >= 11 is 1.25. The lowest BCUT2D eigenvalue weighted by molar-refractivity contribution is -0.141. The van der Waals surface area contributed by atoms with Gasteiger partial charge in [0.05, 0.1) is 22.2 Å². The molecular weight excluding hydrogens is 384 g/mol. The maximum atomic E-state index is 12.8. The summed E-state index contributed by atoms with van der Waals surface area (Å²) in [5.41, 5.74) is 3.75. The normalized spacial score (nSPS) is 12.5. The van der Waals surface area contributed by atoms with Crippen molar-refractivity contribution in [3.8, 4) is 0 Å². The van der Waals surface area contributed by atoms with E-state index in [0.29, 0.717) is 0 Å². The van der Waals surface area contributed by atoms with Gasteiger partial charge in [-0.3, -0.25) is 4.79 Å². The van der Waals surface area contributed by atoms with E-state index in [0.717, 1.165) is 26.9 Å². The molecule has 0 saturated carbocycles. The van der Waals surface area contributed by atoms with Crippen LogP contribution in [-0.2, 0) is 26.1 Å². The molecule has 3 rings (SSSR count). The van der Waals surface area contributed by atoms with Crippen LogP contribution < -0.4 is 4.80 Å². The third kappa shape index (κ3) is 3.96. The topological polar surface area (TPSA) is 77.7 Å². The van der Waals surface area contributed by atoms with E-state index in [1.807, 2.05) is 32.9 Å². The van der Waals surface area contributed by atoms with Gasteiger partial charge >= 0.3 is 5.97 Å². The second-order valence-electron chi connectivity index (χ2n) is 6.36. The summed E-state index contributed by atoms with van der Waals surface area (Å²) in [6.07, 6.45) is 0. The van der Waals surface area contributed by atoms with Crippen molar-refractivity contribution in [1.29, 1.82) is 0 Å². The fraction of sp³-hybridized carbons (Fsp3) is 0.263. The van der Waals surface area contributed by atoms with Crippen molar-refractivity contribution in [3.05, 3.63) is 57.9 Å². The van der Waals surface area contributed by atoms with Gasteiger partial charge in [0, 0.05) is 0 Å². The van der Waals surface area contributed by atoms with E-state index in [1.54, 1.807) is 16.7 Å². The Morgan fingerprint density at radius 2 is 1.78 bits per heavy atom. The molecule has 0 amide bonds. The first-order valence-electron chi connectivity index (χ1n) is 8.26. The van der Waals surface area contributed by atoms with Crippen LogP contribution in [0.2, 0.25) is 0 Å². The van der Waals surface area contributed by atoms with Crippen molar-refractivity contribution < 1.29 is 17.9 Å². The van der Waals surface area contributed by atoms with Crippen LogP contribution in [0.25, 0.3) is 10.2 Å². The first-order chi connectivity index (χ1) is 12.7. The molecule has 1 heterocycles. The number of aromatic nitrogens is 1. The SMILES string of the molecule is COC(=O)Cn1/c(=N/S(=O)(=O)c2ccc(C)cc2)sc2c(C)cc(C)cc21. The minimum Gasteiger partial charge on any atom is -0.468 e. The highest BCUT2D eigenvalue weighted by atomic mass is 32.2. The smallest absolute Gasteiger partial charge is 0.325 e. The summed E-state index contributed by atoms with van der Waals surface area (Å²) in [5, 5.41) is 0. The number of ether oxygens (including phenoxy) is 1. The molecule has 0 bridgehead atoms. The monoisotopic (exact) mass is 404 g/mol. The molecule has 1 aromatic heterocycles. The van der Waals surface area contributed by atoms with Gasteiger partial charge in [-0.25, -0.2) is 0 Å². The summed E-state index contributed by atoms with van der Waals surface area (Å²) in [7, 11) is -2.60. The van der Waals surface area contributed by atoms with E-state index in [9.17, 15) is 13.2 Å². The van der Waals surface area contributed by atoms with E-state index in [1.165, 1.54) is 30.6 Å². The van der Waals surface area contributed by atoms with E-state index >= 15 is 0 Å². The van der Waals surface area contributed by atoms with Crippen LogP contribution in [0.3, 0.4) is 0 Å². The number of hydrogen-bond acceptors (Lipinski definition) is 5. The molecule has 0 aliphatic heterocycles. The lowest BCUT2D eigenvalue weighted by Crippen LogP contribution is -2.22. The van der Waals surface area contributed by atoms with Gasteiger partial charge in [0.25, 0.3) is 10.0 Å². The van der Waals surface area contributed by atoms with Crippen LogP contribution in [0.5, 0.6) is 0 Å². The standard InChI is InChI=1S/C19H20N2O4S2/c1-12-5-7-15(8-6-12)27(23,24)20-19-21(11-17(22)25-4)16-10-13(2)9-14(3)18(16)26-19/h5-10H,11H2,1-4H3/b20-19-. The zero-order valence-corrected chi connectivity index (χ0v) is 17.1. The maximum absolute atomic E-state index is 12.8. The molecule has 0 N–H and O–H groups in total. The lowest BCUT2D eigenvalue weighted by atomic mass is 10.1. The van der Waals surface area contributed by atoms with E-state index in [4.69, 9.17) is 4.74 Å². The Labute approximate surface area is 161 Å². The largest absolute Gasteiger partial charge is 0.468 e. The molecule has 0 aliphatic rings. The highest BCUT2D eigenvalue weighted by Gasteiger charge is 2.17. The van der Waals surface area contributed by atoms with Crippen LogP contribution in [0.15, 0.2) is 45.7 Å². The molecular formula is C19H20N2O4S2. The summed E-state index contributed by atoms with van der Waals surface area (Å²) in [4.78, 5) is 12.2. The lowest BCUT2D eigenvalue weighted by Gasteiger charge is -2.05. The van der Waals surface area contributed by atoms with Crippen molar-refractivity contribution in [2.75, 3.05) is 7.11 Å². The number of nitrogens with zero attached hydrogens (tertiary/aromatic N) is 2. The number of benzene rings is 2. The van der Waals surface area contributed by atoms with Crippen LogP contribution in [0.4, 0.5) is 0 Å². The highest BCUT2D eigenvalue weighted by Crippen LogP contribution is 2.24. The maximum Gasteiger partial charge on any atom is 0.325 e. The Morgan fingerprint density at radius 3 is 2.41 bits per heavy atom. The third-order valence-corrected chi connectivity index (χ3v) is 6.77. The minimum atomic E-state index is -3.90. The molecule has 0 fully saturated rings. The number of carbonyl (C=O) groups is 1. The number of thiazole rings is 1. The van der Waals surface area contributed by atoms with Crippen molar-refractivity contribution >= 4 is 37.5 Å². The quantitative estimate of drug-likeness (QED) is 0.626. The molecule has 0 spiro atoms. The highest BCUT2D eigenvalue weighted by molar-refractivity contribution is 7.90. The van der Waals surface area contributed by atoms with Crippen molar-refractivity contribution in [3.63, 3.8) is 0 Å². The predicted molar refractivity (Wildman–Crippen MR) is 105 cm³/mol. The van der Waals surface area contributed by atoms with Crippen molar-refractivity contribution in [1.82, 2.24) is 4.57 Å². The second-order valence-corrected chi connectivity index (χ2v) is 8.94. The molecule has 8 heteroatoms. The molecule has 27 heavy (non-hydrogen) atoms. The minimum absolute atomic E-state index is 0.109. The molecule has 0 radical (unpaired) electrons. The molecule has 2 aromatic carbocycles. The predicted octanol–water partition coefficient (Wildman–Crippen LogP) is 3.09. The van der Waals surface area contributed by atoms with E-state index < -0.39 is 16.0 Å². The molecule has 0 unspecified atom stereocenters. The number of methoxy groups -OCH3 is 1. The molecule has 6 nitrogen and oxygen atoms in total. The third-order valence-electron chi connectivity index (χ3n) is 4.15. The van der Waals surface area contributed by atoms with Gasteiger partial charge in [-0.05, 0) is 50.1 Å².